The molecule has 2 aromatic carbocycles. The largest absolute Gasteiger partial charge is 0.493 e. The molecule has 1 amide bonds. The van der Waals surface area contributed by atoms with E-state index < -0.39 is 36.1 Å². The van der Waals surface area contributed by atoms with Crippen LogP contribution in [0.15, 0.2) is 36.4 Å². The van der Waals surface area contributed by atoms with Gasteiger partial charge in [-0.25, -0.2) is 4.79 Å². The molecular formula is C24H25N3O8. The fraction of sp³-hybridized carbons (Fsp3) is 0.292. The van der Waals surface area contributed by atoms with Crippen LogP contribution >= 0.6 is 0 Å². The van der Waals surface area contributed by atoms with Crippen molar-refractivity contribution in [2.75, 3.05) is 13.2 Å². The summed E-state index contributed by atoms with van der Waals surface area (Å²) < 4.78 is 11.3. The van der Waals surface area contributed by atoms with E-state index in [1.807, 2.05) is 0 Å². The molecule has 0 saturated carbocycles. The minimum atomic E-state index is -1.60. The fourth-order valence-corrected chi connectivity index (χ4v) is 3.51. The zero-order chi connectivity index (χ0) is 25.5. The topological polar surface area (TPSA) is 189 Å². The number of benzene rings is 2. The van der Waals surface area contributed by atoms with Gasteiger partial charge in [-0.2, -0.15) is 0 Å². The Kier molecular flexibility index (Phi) is 8.03. The molecule has 0 aromatic heterocycles. The van der Waals surface area contributed by atoms with E-state index in [4.69, 9.17) is 30.8 Å². The highest BCUT2D eigenvalue weighted by Crippen LogP contribution is 2.26. The smallest absolute Gasteiger partial charge is 0.372 e. The Morgan fingerprint density at radius 2 is 1.86 bits per heavy atom. The van der Waals surface area contributed by atoms with Gasteiger partial charge in [-0.3, -0.25) is 19.8 Å². The number of amides is 1. The lowest BCUT2D eigenvalue weighted by atomic mass is 10.0. The standard InChI is InChI=1S/C24H25N3O8/c25-22(26)15-3-2-14(9-18(28)24(32)33)20(10-15)35-12-17(5-6-21(29)30)27-23(31)16-4-1-13-7-8-34-19(13)11-16/h1-4,10-11,17H,5-9,12H2,(H3,25,26)(H,27,31)(H,29,30)(H,32,33)/t17-/m1/s1. The van der Waals surface area contributed by atoms with Gasteiger partial charge in [-0.05, 0) is 30.2 Å². The van der Waals surface area contributed by atoms with Crippen molar-refractivity contribution in [1.82, 2.24) is 5.32 Å². The van der Waals surface area contributed by atoms with Gasteiger partial charge in [0.1, 0.15) is 23.9 Å². The first kappa shape index (κ1) is 25.2. The number of carbonyl (C=O) groups excluding carboxylic acids is 2. The lowest BCUT2D eigenvalue weighted by molar-refractivity contribution is -0.148. The van der Waals surface area contributed by atoms with E-state index in [2.05, 4.69) is 5.32 Å². The van der Waals surface area contributed by atoms with Crippen molar-refractivity contribution in [2.24, 2.45) is 5.73 Å². The Hall–Kier alpha value is -4.41. The third-order valence-corrected chi connectivity index (χ3v) is 5.41. The minimum Gasteiger partial charge on any atom is -0.493 e. The number of hydrogen-bond donors (Lipinski definition) is 5. The van der Waals surface area contributed by atoms with Gasteiger partial charge in [0.05, 0.1) is 12.6 Å². The van der Waals surface area contributed by atoms with Crippen LogP contribution in [0.3, 0.4) is 0 Å². The van der Waals surface area contributed by atoms with Gasteiger partial charge >= 0.3 is 11.9 Å². The van der Waals surface area contributed by atoms with Crippen molar-refractivity contribution in [3.63, 3.8) is 0 Å². The molecule has 0 fully saturated rings. The number of hydrogen-bond acceptors (Lipinski definition) is 7. The molecule has 0 spiro atoms. The molecule has 0 saturated heterocycles. The molecule has 0 radical (unpaired) electrons. The molecule has 1 aliphatic heterocycles. The van der Waals surface area contributed by atoms with Crippen LogP contribution in [0.4, 0.5) is 0 Å². The second-order valence-electron chi connectivity index (χ2n) is 7.98. The Balaban J connectivity index is 1.77. The van der Waals surface area contributed by atoms with Crippen molar-refractivity contribution in [3.8, 4) is 11.5 Å². The number of carbonyl (C=O) groups is 4. The number of ketones is 1. The molecular weight excluding hydrogens is 458 g/mol. The van der Waals surface area contributed by atoms with Crippen LogP contribution in [-0.2, 0) is 27.2 Å². The summed E-state index contributed by atoms with van der Waals surface area (Å²) in [5.74, 6) is -3.68. The number of fused-ring (bicyclic) bond motifs is 1. The molecule has 3 rings (SSSR count). The van der Waals surface area contributed by atoms with Crippen molar-refractivity contribution in [3.05, 3.63) is 58.7 Å². The van der Waals surface area contributed by atoms with Crippen molar-refractivity contribution in [1.29, 1.82) is 5.41 Å². The summed E-state index contributed by atoms with van der Waals surface area (Å²) in [6.45, 7) is 0.373. The molecule has 1 heterocycles. The number of nitrogen functional groups attached to an aromatic ring is 1. The van der Waals surface area contributed by atoms with Crippen LogP contribution in [0.1, 0.15) is 39.9 Å². The normalized spacial score (nSPS) is 12.7. The molecule has 0 aliphatic carbocycles. The number of nitrogens with one attached hydrogen (secondary N) is 2. The SMILES string of the molecule is N=C(N)c1ccc(CC(=O)C(=O)O)c(OC[C@@H](CCC(=O)O)NC(=O)c2ccc3c(c2)OCC3)c1. The summed E-state index contributed by atoms with van der Waals surface area (Å²) in [6.07, 6.45) is 0.125. The number of nitrogens with two attached hydrogens (primary N) is 1. The Morgan fingerprint density at radius 3 is 2.54 bits per heavy atom. The number of ether oxygens (including phenoxy) is 2. The Bertz CT molecular complexity index is 1180. The van der Waals surface area contributed by atoms with Crippen molar-refractivity contribution in [2.45, 2.75) is 31.7 Å². The molecule has 184 valence electrons. The first-order valence-electron chi connectivity index (χ1n) is 10.8. The highest BCUT2D eigenvalue weighted by molar-refractivity contribution is 6.33. The van der Waals surface area contributed by atoms with E-state index in [0.29, 0.717) is 17.9 Å². The molecule has 11 nitrogen and oxygen atoms in total. The first-order valence-corrected chi connectivity index (χ1v) is 10.8. The summed E-state index contributed by atoms with van der Waals surface area (Å²) in [5, 5.41) is 28.4. The maximum absolute atomic E-state index is 12.8. The van der Waals surface area contributed by atoms with Crippen molar-refractivity contribution < 1.29 is 38.9 Å². The van der Waals surface area contributed by atoms with Crippen LogP contribution in [-0.4, -0.2) is 58.9 Å². The summed E-state index contributed by atoms with van der Waals surface area (Å²) in [5.41, 5.74) is 7.41. The third-order valence-electron chi connectivity index (χ3n) is 5.41. The fourth-order valence-electron chi connectivity index (χ4n) is 3.51. The number of carboxylic acids is 2. The summed E-state index contributed by atoms with van der Waals surface area (Å²) >= 11 is 0. The first-order chi connectivity index (χ1) is 16.6. The monoisotopic (exact) mass is 483 g/mol. The number of carboxylic acid groups (broad SMARTS) is 2. The molecule has 0 unspecified atom stereocenters. The van der Waals surface area contributed by atoms with E-state index in [1.165, 1.54) is 18.2 Å². The van der Waals surface area contributed by atoms with Gasteiger partial charge in [-0.15, -0.1) is 0 Å². The molecule has 11 heteroatoms. The van der Waals surface area contributed by atoms with Crippen LogP contribution < -0.4 is 20.5 Å². The molecule has 6 N–H and O–H groups in total. The summed E-state index contributed by atoms with van der Waals surface area (Å²) in [4.78, 5) is 46.6. The second-order valence-corrected chi connectivity index (χ2v) is 7.98. The van der Waals surface area contributed by atoms with E-state index in [0.717, 1.165) is 12.0 Å². The van der Waals surface area contributed by atoms with Gasteiger partial charge in [0.25, 0.3) is 5.91 Å². The number of Topliss-reactive ketones (excluding diaryl/α,β-unsaturated/α-hetero) is 1. The maximum Gasteiger partial charge on any atom is 0.372 e. The molecule has 1 atom stereocenters. The summed E-state index contributed by atoms with van der Waals surface area (Å²) in [6, 6.07) is 8.64. The minimum absolute atomic E-state index is 0.0539. The van der Waals surface area contributed by atoms with Gasteiger partial charge in [0.2, 0.25) is 5.78 Å². The van der Waals surface area contributed by atoms with Crippen LogP contribution in [0, 0.1) is 5.41 Å². The third kappa shape index (κ3) is 6.79. The summed E-state index contributed by atoms with van der Waals surface area (Å²) in [7, 11) is 0. The predicted molar refractivity (Wildman–Crippen MR) is 123 cm³/mol. The molecule has 2 aromatic rings. The average Bonchev–Trinajstić information content (AvgIpc) is 3.29. The number of rotatable bonds is 12. The average molecular weight is 483 g/mol. The van der Waals surface area contributed by atoms with E-state index in [1.54, 1.807) is 18.2 Å². The van der Waals surface area contributed by atoms with Crippen LogP contribution in [0.5, 0.6) is 11.5 Å². The van der Waals surface area contributed by atoms with E-state index in [-0.39, 0.29) is 42.2 Å². The van der Waals surface area contributed by atoms with Crippen molar-refractivity contribution >= 4 is 29.5 Å². The zero-order valence-electron chi connectivity index (χ0n) is 18.7. The number of amidine groups is 1. The van der Waals surface area contributed by atoms with E-state index >= 15 is 0 Å². The van der Waals surface area contributed by atoms with E-state index in [9.17, 15) is 19.2 Å². The lowest BCUT2D eigenvalue weighted by Crippen LogP contribution is -2.39. The molecule has 0 bridgehead atoms. The van der Waals surface area contributed by atoms with Gasteiger partial charge in [-0.1, -0.05) is 18.2 Å². The maximum atomic E-state index is 12.8. The van der Waals surface area contributed by atoms with Gasteiger partial charge in [0.15, 0.2) is 0 Å². The highest BCUT2D eigenvalue weighted by Gasteiger charge is 2.21. The molecule has 35 heavy (non-hydrogen) atoms. The lowest BCUT2D eigenvalue weighted by Gasteiger charge is -2.20. The Morgan fingerprint density at radius 1 is 1.11 bits per heavy atom. The molecule has 1 aliphatic rings. The zero-order valence-corrected chi connectivity index (χ0v) is 18.7. The van der Waals surface area contributed by atoms with Crippen LogP contribution in [0.25, 0.3) is 0 Å². The van der Waals surface area contributed by atoms with Gasteiger partial charge in [0, 0.05) is 36.0 Å². The predicted octanol–water partition coefficient (Wildman–Crippen LogP) is 1.14. The highest BCUT2D eigenvalue weighted by atomic mass is 16.5. The second kappa shape index (κ2) is 11.1. The number of aliphatic carboxylic acids is 2. The van der Waals surface area contributed by atoms with Gasteiger partial charge < -0.3 is 30.7 Å². The van der Waals surface area contributed by atoms with Crippen LogP contribution in [0.2, 0.25) is 0 Å². The quantitative estimate of drug-likeness (QED) is 0.167. The Labute approximate surface area is 200 Å².